The number of rotatable bonds is 3. The largest absolute Gasteiger partial charge is 0.493 e. The highest BCUT2D eigenvalue weighted by Crippen LogP contribution is 2.16. The van der Waals surface area contributed by atoms with Gasteiger partial charge in [-0.05, 0) is 19.0 Å². The Morgan fingerprint density at radius 1 is 1.75 bits per heavy atom. The third-order valence-electron chi connectivity index (χ3n) is 1.31. The summed E-state index contributed by atoms with van der Waals surface area (Å²) in [4.78, 5) is 11.0. The molecule has 12 heavy (non-hydrogen) atoms. The highest BCUT2D eigenvalue weighted by atomic mass is 16.5. The molecular formula is C9H11NO2. The van der Waals surface area contributed by atoms with Gasteiger partial charge in [0.05, 0.1) is 14.9 Å². The van der Waals surface area contributed by atoms with Crippen LogP contribution in [0.15, 0.2) is 24.3 Å². The van der Waals surface area contributed by atoms with Gasteiger partial charge >= 0.3 is 0 Å². The van der Waals surface area contributed by atoms with Gasteiger partial charge in [0, 0.05) is 4.11 Å². The fourth-order valence-corrected chi connectivity index (χ4v) is 0.814. The van der Waals surface area contributed by atoms with E-state index < -0.39 is 19.3 Å². The lowest BCUT2D eigenvalue weighted by molar-refractivity contribution is 0.0996. The maximum absolute atomic E-state index is 11.0. The summed E-state index contributed by atoms with van der Waals surface area (Å²) < 4.78 is 40.2. The molecule has 64 valence electrons. The van der Waals surface area contributed by atoms with E-state index in [2.05, 4.69) is 0 Å². The number of carbonyl (C=O) groups is 1. The number of benzene rings is 1. The second-order valence-corrected chi connectivity index (χ2v) is 2.06. The summed E-state index contributed by atoms with van der Waals surface area (Å²) in [5.41, 5.74) is 4.99. The molecule has 1 aromatic rings. The average Bonchev–Trinajstić information content (AvgIpc) is 2.15. The van der Waals surface area contributed by atoms with Crippen molar-refractivity contribution in [1.82, 2.24) is 0 Å². The van der Waals surface area contributed by atoms with Gasteiger partial charge in [0.15, 0.2) is 0 Å². The van der Waals surface area contributed by atoms with E-state index in [-0.39, 0.29) is 11.3 Å². The molecule has 3 nitrogen and oxygen atoms in total. The van der Waals surface area contributed by atoms with Crippen molar-refractivity contribution in [2.24, 2.45) is 5.73 Å². The normalized spacial score (nSPS) is 17.8. The molecule has 1 amide bonds. The van der Waals surface area contributed by atoms with Crippen molar-refractivity contribution in [3.8, 4) is 5.75 Å². The number of hydrogen-bond acceptors (Lipinski definition) is 2. The average molecular weight is 170 g/mol. The zero-order valence-corrected chi connectivity index (χ0v) is 6.20. The van der Waals surface area contributed by atoms with Crippen LogP contribution in [0, 0.1) is 0 Å². The molecule has 0 heterocycles. The Balaban J connectivity index is 3.08. The first-order valence-electron chi connectivity index (χ1n) is 5.73. The standard InChI is InChI=1S/C9H11NO2/c1-2-12-8-6-4-3-5-7(8)9(10)11/h3-6H,2H2,1H3,(H2,10,11)/i1D3,2D2. The minimum atomic E-state index is -2.96. The third kappa shape index (κ3) is 1.75. The molecule has 0 aromatic heterocycles. The topological polar surface area (TPSA) is 52.3 Å². The van der Waals surface area contributed by atoms with E-state index in [9.17, 15) is 4.79 Å². The van der Waals surface area contributed by atoms with E-state index in [1.54, 1.807) is 0 Å². The molecule has 1 rings (SSSR count). The quantitative estimate of drug-likeness (QED) is 0.740. The van der Waals surface area contributed by atoms with Crippen LogP contribution in [-0.4, -0.2) is 12.5 Å². The first kappa shape index (κ1) is 3.94. The zero-order chi connectivity index (χ0) is 13.3. The summed E-state index contributed by atoms with van der Waals surface area (Å²) in [6.07, 6.45) is 0. The second kappa shape index (κ2) is 3.76. The van der Waals surface area contributed by atoms with Gasteiger partial charge in [-0.1, -0.05) is 12.1 Å². The van der Waals surface area contributed by atoms with Crippen molar-refractivity contribution in [1.29, 1.82) is 0 Å². The van der Waals surface area contributed by atoms with E-state index in [1.165, 1.54) is 24.3 Å². The lowest BCUT2D eigenvalue weighted by Gasteiger charge is -2.05. The molecule has 3 heteroatoms. The number of nitrogens with two attached hydrogens (primary N) is 1. The molecule has 1 aromatic carbocycles. The van der Waals surface area contributed by atoms with Gasteiger partial charge in [-0.15, -0.1) is 0 Å². The summed E-state index contributed by atoms with van der Waals surface area (Å²) in [7, 11) is 0. The smallest absolute Gasteiger partial charge is 0.252 e. The van der Waals surface area contributed by atoms with Gasteiger partial charge in [0.1, 0.15) is 5.75 Å². The third-order valence-corrected chi connectivity index (χ3v) is 1.31. The van der Waals surface area contributed by atoms with E-state index in [0.717, 1.165) is 0 Å². The fourth-order valence-electron chi connectivity index (χ4n) is 0.814. The van der Waals surface area contributed by atoms with Crippen LogP contribution in [0.1, 0.15) is 24.1 Å². The molecule has 0 aliphatic carbocycles. The van der Waals surface area contributed by atoms with Gasteiger partial charge < -0.3 is 10.5 Å². The van der Waals surface area contributed by atoms with Crippen LogP contribution in [0.4, 0.5) is 0 Å². The van der Waals surface area contributed by atoms with Gasteiger partial charge in [-0.2, -0.15) is 0 Å². The molecule has 0 saturated carbocycles. The Morgan fingerprint density at radius 2 is 2.50 bits per heavy atom. The Morgan fingerprint density at radius 3 is 3.17 bits per heavy atom. The number of ether oxygens (including phenoxy) is 1. The minimum absolute atomic E-state index is 0.0689. The maximum atomic E-state index is 11.0. The highest BCUT2D eigenvalue weighted by Gasteiger charge is 2.06. The lowest BCUT2D eigenvalue weighted by atomic mass is 10.2. The van der Waals surface area contributed by atoms with E-state index >= 15 is 0 Å². The molecule has 0 aliphatic heterocycles. The SMILES string of the molecule is [2H]C([2H])([2H])C([2H])([2H])Oc1ccccc1C(N)=O. The maximum Gasteiger partial charge on any atom is 0.252 e. The number of carbonyl (C=O) groups excluding carboxylic acids is 1. The monoisotopic (exact) mass is 170 g/mol. The van der Waals surface area contributed by atoms with Gasteiger partial charge in [0.25, 0.3) is 5.91 Å². The summed E-state index contributed by atoms with van der Waals surface area (Å²) >= 11 is 0. The molecule has 2 N–H and O–H groups in total. The summed E-state index contributed by atoms with van der Waals surface area (Å²) in [5.74, 6) is -1.01. The van der Waals surface area contributed by atoms with Crippen molar-refractivity contribution >= 4 is 5.91 Å². The van der Waals surface area contributed by atoms with Crippen LogP contribution >= 0.6 is 0 Å². The lowest BCUT2D eigenvalue weighted by Crippen LogP contribution is -2.12. The molecule has 0 unspecified atom stereocenters. The predicted octanol–water partition coefficient (Wildman–Crippen LogP) is 1.18. The highest BCUT2D eigenvalue weighted by molar-refractivity contribution is 5.95. The van der Waals surface area contributed by atoms with Crippen molar-refractivity contribution in [3.05, 3.63) is 29.8 Å². The van der Waals surface area contributed by atoms with Crippen LogP contribution < -0.4 is 10.5 Å². The van der Waals surface area contributed by atoms with Crippen molar-refractivity contribution in [2.75, 3.05) is 6.56 Å². The van der Waals surface area contributed by atoms with Crippen molar-refractivity contribution in [3.63, 3.8) is 0 Å². The molecule has 0 aliphatic rings. The first-order chi connectivity index (χ1) is 7.65. The van der Waals surface area contributed by atoms with Crippen LogP contribution in [0.3, 0.4) is 0 Å². The fraction of sp³-hybridized carbons (Fsp3) is 0.222. The molecular weight excluding hydrogens is 154 g/mol. The second-order valence-electron chi connectivity index (χ2n) is 2.06. The predicted molar refractivity (Wildman–Crippen MR) is 46.1 cm³/mol. The Hall–Kier alpha value is -1.51. The number of primary amides is 1. The van der Waals surface area contributed by atoms with E-state index in [0.29, 0.717) is 0 Å². The van der Waals surface area contributed by atoms with Crippen molar-refractivity contribution in [2.45, 2.75) is 6.85 Å². The van der Waals surface area contributed by atoms with E-state index in [4.69, 9.17) is 17.3 Å². The number of para-hydroxylation sites is 1. The van der Waals surface area contributed by atoms with Crippen molar-refractivity contribution < 1.29 is 16.4 Å². The molecule has 0 bridgehead atoms. The molecule has 0 radical (unpaired) electrons. The van der Waals surface area contributed by atoms with Crippen LogP contribution in [0.2, 0.25) is 0 Å². The van der Waals surface area contributed by atoms with Gasteiger partial charge in [-0.25, -0.2) is 0 Å². The van der Waals surface area contributed by atoms with Crippen LogP contribution in [0.25, 0.3) is 0 Å². The molecule has 0 atom stereocenters. The van der Waals surface area contributed by atoms with Gasteiger partial charge in [-0.3, -0.25) is 4.79 Å². The Bertz CT molecular complexity index is 430. The molecule has 0 saturated heterocycles. The van der Waals surface area contributed by atoms with Crippen LogP contribution in [0.5, 0.6) is 5.75 Å². The van der Waals surface area contributed by atoms with Crippen LogP contribution in [-0.2, 0) is 0 Å². The zero-order valence-electron chi connectivity index (χ0n) is 11.2. The number of amides is 1. The molecule has 0 fully saturated rings. The van der Waals surface area contributed by atoms with E-state index in [1.807, 2.05) is 0 Å². The Kier molecular flexibility index (Phi) is 1.23. The van der Waals surface area contributed by atoms with Gasteiger partial charge in [0.2, 0.25) is 0 Å². The summed E-state index contributed by atoms with van der Waals surface area (Å²) in [5, 5.41) is 0. The summed E-state index contributed by atoms with van der Waals surface area (Å²) in [6.45, 7) is -5.85. The first-order valence-corrected chi connectivity index (χ1v) is 3.23. The number of hydrogen-bond donors (Lipinski definition) is 1. The summed E-state index contributed by atoms with van der Waals surface area (Å²) in [6, 6.07) is 5.60. The molecule has 0 spiro atoms. The minimum Gasteiger partial charge on any atom is -0.493 e. The Labute approximate surface area is 78.2 Å².